The van der Waals surface area contributed by atoms with Gasteiger partial charge >= 0.3 is 6.18 Å². The summed E-state index contributed by atoms with van der Waals surface area (Å²) in [6, 6.07) is 3.11. The number of hydrogen-bond acceptors (Lipinski definition) is 3. The van der Waals surface area contributed by atoms with Crippen molar-refractivity contribution in [3.05, 3.63) is 35.1 Å². The molecule has 1 aromatic rings. The van der Waals surface area contributed by atoms with Gasteiger partial charge in [-0.25, -0.2) is 4.39 Å². The molecular weight excluding hydrogens is 288 g/mol. The van der Waals surface area contributed by atoms with Crippen LogP contribution in [0.3, 0.4) is 0 Å². The molecule has 7 heteroatoms. The van der Waals surface area contributed by atoms with E-state index < -0.39 is 17.6 Å². The molecular formula is C14H18F4N2O. The van der Waals surface area contributed by atoms with E-state index in [-0.39, 0.29) is 6.10 Å². The smallest absolute Gasteiger partial charge is 0.374 e. The molecule has 0 aromatic heterocycles. The molecule has 1 aromatic carbocycles. The summed E-state index contributed by atoms with van der Waals surface area (Å²) in [5, 5.41) is 3.19. The van der Waals surface area contributed by atoms with Crippen molar-refractivity contribution in [3.8, 4) is 0 Å². The summed E-state index contributed by atoms with van der Waals surface area (Å²) in [6.45, 7) is 3.08. The molecule has 1 fully saturated rings. The maximum atomic E-state index is 13.2. The first-order valence-electron chi connectivity index (χ1n) is 6.73. The van der Waals surface area contributed by atoms with Crippen LogP contribution in [-0.4, -0.2) is 44.3 Å². The van der Waals surface area contributed by atoms with Crippen molar-refractivity contribution in [2.24, 2.45) is 0 Å². The molecule has 118 valence electrons. The largest absolute Gasteiger partial charge is 0.419 e. The Labute approximate surface area is 120 Å². The summed E-state index contributed by atoms with van der Waals surface area (Å²) in [7, 11) is 1.80. The summed E-state index contributed by atoms with van der Waals surface area (Å²) in [6.07, 6.45) is -4.65. The van der Waals surface area contributed by atoms with Gasteiger partial charge in [0.25, 0.3) is 0 Å². The molecule has 1 unspecified atom stereocenters. The number of benzene rings is 1. The molecule has 1 saturated heterocycles. The van der Waals surface area contributed by atoms with Crippen LogP contribution in [0, 0.1) is 5.82 Å². The van der Waals surface area contributed by atoms with Crippen molar-refractivity contribution in [1.82, 2.24) is 10.2 Å². The van der Waals surface area contributed by atoms with E-state index in [9.17, 15) is 17.6 Å². The number of ether oxygens (including phenoxy) is 1. The first kappa shape index (κ1) is 16.2. The van der Waals surface area contributed by atoms with Crippen molar-refractivity contribution in [2.75, 3.05) is 33.3 Å². The van der Waals surface area contributed by atoms with E-state index in [1.807, 2.05) is 4.90 Å². The van der Waals surface area contributed by atoms with E-state index in [0.717, 1.165) is 25.2 Å². The predicted octanol–water partition coefficient (Wildman–Crippen LogP) is 2.26. The zero-order valence-electron chi connectivity index (χ0n) is 11.7. The van der Waals surface area contributed by atoms with Crippen LogP contribution in [0.2, 0.25) is 0 Å². The van der Waals surface area contributed by atoms with Crippen LogP contribution in [0.15, 0.2) is 18.2 Å². The summed E-state index contributed by atoms with van der Waals surface area (Å²) >= 11 is 0. The van der Waals surface area contributed by atoms with Crippen LogP contribution >= 0.6 is 0 Å². The Bertz CT molecular complexity index is 473. The molecule has 3 nitrogen and oxygen atoms in total. The van der Waals surface area contributed by atoms with E-state index in [0.29, 0.717) is 25.3 Å². The molecule has 0 radical (unpaired) electrons. The Morgan fingerprint density at radius 3 is 2.76 bits per heavy atom. The van der Waals surface area contributed by atoms with Crippen molar-refractivity contribution in [3.63, 3.8) is 0 Å². The zero-order valence-corrected chi connectivity index (χ0v) is 11.7. The highest BCUT2D eigenvalue weighted by Crippen LogP contribution is 2.32. The average molecular weight is 306 g/mol. The fourth-order valence-electron chi connectivity index (χ4n) is 2.35. The maximum absolute atomic E-state index is 13.2. The molecule has 1 aliphatic rings. The Hall–Kier alpha value is -1.18. The molecule has 0 amide bonds. The standard InChI is InChI=1S/C14H18F4N2O/c1-20(9-11-7-19-4-5-21-11)8-10-2-3-13(15)12(6-10)14(16,17)18/h2-3,6,11,19H,4-5,7-9H2,1H3. The highest BCUT2D eigenvalue weighted by molar-refractivity contribution is 5.27. The number of hydrogen-bond donors (Lipinski definition) is 1. The number of morpholine rings is 1. The summed E-state index contributed by atoms with van der Waals surface area (Å²) in [5.41, 5.74) is -0.793. The normalized spacial score (nSPS) is 20.0. The first-order valence-corrected chi connectivity index (χ1v) is 6.73. The molecule has 0 bridgehead atoms. The highest BCUT2D eigenvalue weighted by Gasteiger charge is 2.34. The van der Waals surface area contributed by atoms with Gasteiger partial charge in [0.2, 0.25) is 0 Å². The van der Waals surface area contributed by atoms with Crippen LogP contribution < -0.4 is 5.32 Å². The molecule has 1 aliphatic heterocycles. The number of alkyl halides is 3. The SMILES string of the molecule is CN(Cc1ccc(F)c(C(F)(F)F)c1)CC1CNCCO1. The zero-order chi connectivity index (χ0) is 15.5. The minimum absolute atomic E-state index is 0.0197. The molecule has 1 atom stereocenters. The molecule has 0 spiro atoms. The third-order valence-electron chi connectivity index (χ3n) is 3.31. The lowest BCUT2D eigenvalue weighted by molar-refractivity contribution is -0.140. The second-order valence-electron chi connectivity index (χ2n) is 5.21. The van der Waals surface area contributed by atoms with Crippen molar-refractivity contribution in [2.45, 2.75) is 18.8 Å². The monoisotopic (exact) mass is 306 g/mol. The van der Waals surface area contributed by atoms with Crippen molar-refractivity contribution < 1.29 is 22.3 Å². The maximum Gasteiger partial charge on any atom is 0.419 e. The highest BCUT2D eigenvalue weighted by atomic mass is 19.4. The molecule has 2 rings (SSSR count). The van der Waals surface area contributed by atoms with Crippen LogP contribution in [0.4, 0.5) is 17.6 Å². The van der Waals surface area contributed by atoms with E-state index in [1.165, 1.54) is 6.07 Å². The van der Waals surface area contributed by atoms with Gasteiger partial charge in [-0.1, -0.05) is 6.07 Å². The lowest BCUT2D eigenvalue weighted by Crippen LogP contribution is -2.44. The Morgan fingerprint density at radius 1 is 1.38 bits per heavy atom. The minimum Gasteiger partial charge on any atom is -0.374 e. The summed E-state index contributed by atoms with van der Waals surface area (Å²) in [4.78, 5) is 1.87. The summed E-state index contributed by atoms with van der Waals surface area (Å²) in [5.74, 6) is -1.24. The molecule has 0 saturated carbocycles. The number of rotatable bonds is 4. The topological polar surface area (TPSA) is 24.5 Å². The van der Waals surface area contributed by atoms with Crippen LogP contribution in [-0.2, 0) is 17.5 Å². The lowest BCUT2D eigenvalue weighted by atomic mass is 10.1. The fraction of sp³-hybridized carbons (Fsp3) is 0.571. The first-order chi connectivity index (χ1) is 9.86. The third-order valence-corrected chi connectivity index (χ3v) is 3.31. The lowest BCUT2D eigenvalue weighted by Gasteiger charge is -2.28. The van der Waals surface area contributed by atoms with Crippen LogP contribution in [0.1, 0.15) is 11.1 Å². The van der Waals surface area contributed by atoms with Gasteiger partial charge in [0.1, 0.15) is 5.82 Å². The molecule has 21 heavy (non-hydrogen) atoms. The van der Waals surface area contributed by atoms with Gasteiger partial charge in [0.05, 0.1) is 18.3 Å². The fourth-order valence-corrected chi connectivity index (χ4v) is 2.35. The van der Waals surface area contributed by atoms with Gasteiger partial charge in [-0.15, -0.1) is 0 Å². The predicted molar refractivity (Wildman–Crippen MR) is 70.3 cm³/mol. The van der Waals surface area contributed by atoms with Gasteiger partial charge in [-0.3, -0.25) is 4.90 Å². The molecule has 0 aliphatic carbocycles. The van der Waals surface area contributed by atoms with Crippen LogP contribution in [0.25, 0.3) is 0 Å². The summed E-state index contributed by atoms with van der Waals surface area (Å²) < 4.78 is 56.7. The van der Waals surface area contributed by atoms with Gasteiger partial charge < -0.3 is 10.1 Å². The van der Waals surface area contributed by atoms with Gasteiger partial charge in [0.15, 0.2) is 0 Å². The number of nitrogens with one attached hydrogen (secondary N) is 1. The van der Waals surface area contributed by atoms with Crippen molar-refractivity contribution in [1.29, 1.82) is 0 Å². The van der Waals surface area contributed by atoms with Gasteiger partial charge in [-0.2, -0.15) is 13.2 Å². The number of likely N-dealkylation sites (N-methyl/N-ethyl adjacent to an activating group) is 1. The average Bonchev–Trinajstić information content (AvgIpc) is 2.41. The van der Waals surface area contributed by atoms with Crippen molar-refractivity contribution >= 4 is 0 Å². The Morgan fingerprint density at radius 2 is 2.14 bits per heavy atom. The third kappa shape index (κ3) is 4.66. The van der Waals surface area contributed by atoms with E-state index in [2.05, 4.69) is 5.32 Å². The number of halogens is 4. The van der Waals surface area contributed by atoms with Gasteiger partial charge in [-0.05, 0) is 24.7 Å². The Balaban J connectivity index is 1.98. The van der Waals surface area contributed by atoms with E-state index in [4.69, 9.17) is 4.74 Å². The quantitative estimate of drug-likeness (QED) is 0.864. The molecule has 1 N–H and O–H groups in total. The second kappa shape index (κ2) is 6.72. The van der Waals surface area contributed by atoms with E-state index in [1.54, 1.807) is 7.05 Å². The van der Waals surface area contributed by atoms with E-state index >= 15 is 0 Å². The Kier molecular flexibility index (Phi) is 5.18. The molecule has 1 heterocycles. The van der Waals surface area contributed by atoms with Gasteiger partial charge in [0, 0.05) is 26.2 Å². The minimum atomic E-state index is -4.67. The second-order valence-corrected chi connectivity index (χ2v) is 5.21. The number of nitrogens with zero attached hydrogens (tertiary/aromatic N) is 1. The van der Waals surface area contributed by atoms with Crippen LogP contribution in [0.5, 0.6) is 0 Å².